The molecular weight excluding hydrogens is 519 g/mol. The normalized spacial score (nSPS) is 18.0. The number of nitrogens with zero attached hydrogens (tertiary/aromatic N) is 2. The predicted molar refractivity (Wildman–Crippen MR) is 167 cm³/mol. The summed E-state index contributed by atoms with van der Waals surface area (Å²) in [5, 5.41) is 3.17. The van der Waals surface area contributed by atoms with E-state index < -0.39 is 5.60 Å². The van der Waals surface area contributed by atoms with Gasteiger partial charge in [0.1, 0.15) is 11.6 Å². The van der Waals surface area contributed by atoms with Crippen LogP contribution in [0, 0.1) is 5.82 Å². The molecule has 3 nitrogen and oxygen atoms in total. The van der Waals surface area contributed by atoms with E-state index in [2.05, 4.69) is 74.5 Å². The molecule has 1 aliphatic carbocycles. The molecule has 5 aromatic carbocycles. The summed E-state index contributed by atoms with van der Waals surface area (Å²) in [6.45, 7) is 4.58. The Balaban J connectivity index is 1.46. The summed E-state index contributed by atoms with van der Waals surface area (Å²) in [5.41, 5.74) is 6.73. The molecule has 1 aromatic heterocycles. The van der Waals surface area contributed by atoms with Gasteiger partial charge < -0.3 is 4.74 Å². The zero-order valence-corrected chi connectivity index (χ0v) is 23.6. The highest BCUT2D eigenvalue weighted by Gasteiger charge is 2.47. The number of fused-ring (bicyclic) bond motifs is 9. The molecule has 2 aliphatic rings. The van der Waals surface area contributed by atoms with Gasteiger partial charge in [0.15, 0.2) is 5.82 Å². The topological polar surface area (TPSA) is 35.0 Å². The van der Waals surface area contributed by atoms with Crippen molar-refractivity contribution in [3.63, 3.8) is 0 Å². The van der Waals surface area contributed by atoms with Gasteiger partial charge in [0.2, 0.25) is 5.60 Å². The van der Waals surface area contributed by atoms with Gasteiger partial charge in [-0.15, -0.1) is 0 Å². The third kappa shape index (κ3) is 3.26. The summed E-state index contributed by atoms with van der Waals surface area (Å²) in [5.74, 6) is 1.03. The predicted octanol–water partition coefficient (Wildman–Crippen LogP) is 9.36. The average molecular weight is 549 g/mol. The Morgan fingerprint density at radius 2 is 1.50 bits per heavy atom. The maximum atomic E-state index is 14.2. The second-order valence-corrected chi connectivity index (χ2v) is 11.3. The van der Waals surface area contributed by atoms with E-state index in [0.717, 1.165) is 46.0 Å². The molecule has 0 saturated carbocycles. The summed E-state index contributed by atoms with van der Waals surface area (Å²) >= 11 is 0. The number of para-hydroxylation sites is 1. The maximum absolute atomic E-state index is 14.2. The molecule has 8 rings (SSSR count). The highest BCUT2D eigenvalue weighted by molar-refractivity contribution is 6.08. The molecule has 6 aromatic rings. The van der Waals surface area contributed by atoms with E-state index >= 15 is 0 Å². The second kappa shape index (κ2) is 9.09. The van der Waals surface area contributed by atoms with Crippen molar-refractivity contribution < 1.29 is 9.13 Å². The number of halogens is 1. The standard InChI is InChI=1S/C38H29FN2O/c1-3-37(4-2)31-15-9-8-14-29(31)33-27-12-6-7-13-28(27)35-30(34(33)37)21-22-38(42-35,25-17-19-26(39)20-18-25)36-40-23-24-11-5-10-16-32(24)41-36/h5-23H,3-4H2,1-2H3. The third-order valence-electron chi connectivity index (χ3n) is 9.44. The largest absolute Gasteiger partial charge is 0.469 e. The Morgan fingerprint density at radius 3 is 2.31 bits per heavy atom. The summed E-state index contributed by atoms with van der Waals surface area (Å²) in [6, 6.07) is 31.8. The van der Waals surface area contributed by atoms with Crippen LogP contribution in [0.5, 0.6) is 5.75 Å². The maximum Gasteiger partial charge on any atom is 0.212 e. The number of hydrogen-bond acceptors (Lipinski definition) is 3. The van der Waals surface area contributed by atoms with Crippen LogP contribution in [0.3, 0.4) is 0 Å². The van der Waals surface area contributed by atoms with Crippen molar-refractivity contribution in [3.8, 4) is 16.9 Å². The van der Waals surface area contributed by atoms with Crippen LogP contribution < -0.4 is 4.74 Å². The first kappa shape index (κ1) is 24.9. The van der Waals surface area contributed by atoms with E-state index in [1.165, 1.54) is 39.8 Å². The minimum Gasteiger partial charge on any atom is -0.469 e. The van der Waals surface area contributed by atoms with Gasteiger partial charge in [-0.1, -0.05) is 98.8 Å². The van der Waals surface area contributed by atoms with Gasteiger partial charge in [-0.25, -0.2) is 14.4 Å². The lowest BCUT2D eigenvalue weighted by molar-refractivity contribution is 0.153. The monoisotopic (exact) mass is 548 g/mol. The van der Waals surface area contributed by atoms with Gasteiger partial charge in [-0.3, -0.25) is 0 Å². The van der Waals surface area contributed by atoms with Crippen molar-refractivity contribution >= 4 is 27.8 Å². The van der Waals surface area contributed by atoms with Gasteiger partial charge >= 0.3 is 0 Å². The number of ether oxygens (including phenoxy) is 1. The van der Waals surface area contributed by atoms with Crippen LogP contribution in [-0.2, 0) is 11.0 Å². The molecule has 1 aliphatic heterocycles. The van der Waals surface area contributed by atoms with Crippen molar-refractivity contribution in [1.29, 1.82) is 0 Å². The number of benzene rings is 5. The third-order valence-corrected chi connectivity index (χ3v) is 9.44. The van der Waals surface area contributed by atoms with Crippen LogP contribution in [0.1, 0.15) is 54.8 Å². The van der Waals surface area contributed by atoms with Gasteiger partial charge in [0.05, 0.1) is 5.52 Å². The fraction of sp³-hybridized carbons (Fsp3) is 0.158. The van der Waals surface area contributed by atoms with Crippen molar-refractivity contribution in [2.75, 3.05) is 0 Å². The molecule has 0 amide bonds. The van der Waals surface area contributed by atoms with Crippen molar-refractivity contribution in [1.82, 2.24) is 9.97 Å². The van der Waals surface area contributed by atoms with Crippen LogP contribution in [0.2, 0.25) is 0 Å². The smallest absolute Gasteiger partial charge is 0.212 e. The fourth-order valence-electron chi connectivity index (χ4n) is 7.36. The molecule has 4 heteroatoms. The zero-order chi connectivity index (χ0) is 28.5. The molecule has 0 N–H and O–H groups in total. The fourth-order valence-corrected chi connectivity index (χ4v) is 7.36. The average Bonchev–Trinajstić information content (AvgIpc) is 3.35. The molecule has 0 bridgehead atoms. The number of hydrogen-bond donors (Lipinski definition) is 0. The van der Waals surface area contributed by atoms with E-state index in [1.807, 2.05) is 30.5 Å². The Kier molecular flexibility index (Phi) is 5.39. The molecule has 0 spiro atoms. The van der Waals surface area contributed by atoms with Crippen molar-refractivity contribution in [3.05, 3.63) is 143 Å². The SMILES string of the molecule is CCC1(CC)c2ccccc2-c2c1c1c(c3ccccc23)OC(c2ccc(F)cc2)(c2ncc3ccccc3n2)C=C1. The first-order chi connectivity index (χ1) is 20.6. The van der Waals surface area contributed by atoms with E-state index in [1.54, 1.807) is 12.1 Å². The molecule has 0 radical (unpaired) electrons. The molecule has 1 unspecified atom stereocenters. The van der Waals surface area contributed by atoms with Crippen molar-refractivity contribution in [2.45, 2.75) is 37.7 Å². The minimum atomic E-state index is -1.14. The molecular formula is C38H29FN2O. The Bertz CT molecular complexity index is 2060. The number of aromatic nitrogens is 2. The van der Waals surface area contributed by atoms with Crippen LogP contribution >= 0.6 is 0 Å². The van der Waals surface area contributed by atoms with Crippen LogP contribution in [0.25, 0.3) is 38.9 Å². The molecule has 42 heavy (non-hydrogen) atoms. The molecule has 0 saturated heterocycles. The zero-order valence-electron chi connectivity index (χ0n) is 23.6. The quantitative estimate of drug-likeness (QED) is 0.220. The lowest BCUT2D eigenvalue weighted by Gasteiger charge is -2.38. The molecule has 2 heterocycles. The van der Waals surface area contributed by atoms with Gasteiger partial charge in [-0.2, -0.15) is 0 Å². The van der Waals surface area contributed by atoms with Crippen LogP contribution in [0.4, 0.5) is 4.39 Å². The molecule has 1 atom stereocenters. The highest BCUT2D eigenvalue weighted by atomic mass is 19.1. The first-order valence-corrected chi connectivity index (χ1v) is 14.7. The van der Waals surface area contributed by atoms with E-state index in [0.29, 0.717) is 5.82 Å². The van der Waals surface area contributed by atoms with E-state index in [9.17, 15) is 4.39 Å². The van der Waals surface area contributed by atoms with Crippen molar-refractivity contribution in [2.24, 2.45) is 0 Å². The lowest BCUT2D eigenvalue weighted by Crippen LogP contribution is -2.37. The lowest BCUT2D eigenvalue weighted by atomic mass is 9.71. The summed E-state index contributed by atoms with van der Waals surface area (Å²) < 4.78 is 21.5. The molecule has 0 fully saturated rings. The number of rotatable bonds is 4. The second-order valence-electron chi connectivity index (χ2n) is 11.3. The summed E-state index contributed by atoms with van der Waals surface area (Å²) in [4.78, 5) is 9.85. The van der Waals surface area contributed by atoms with E-state index in [-0.39, 0.29) is 11.2 Å². The van der Waals surface area contributed by atoms with Crippen LogP contribution in [-0.4, -0.2) is 9.97 Å². The Labute approximate surface area is 244 Å². The summed E-state index contributed by atoms with van der Waals surface area (Å²) in [6.07, 6.45) is 8.07. The Hall–Kier alpha value is -4.83. The Morgan fingerprint density at radius 1 is 0.786 bits per heavy atom. The van der Waals surface area contributed by atoms with Gasteiger partial charge in [0.25, 0.3) is 0 Å². The van der Waals surface area contributed by atoms with Gasteiger partial charge in [-0.05, 0) is 64.8 Å². The minimum absolute atomic E-state index is 0.136. The first-order valence-electron chi connectivity index (χ1n) is 14.7. The van der Waals surface area contributed by atoms with Crippen LogP contribution in [0.15, 0.2) is 109 Å². The van der Waals surface area contributed by atoms with Gasteiger partial charge in [0, 0.05) is 33.5 Å². The highest BCUT2D eigenvalue weighted by Crippen LogP contribution is 2.60. The summed E-state index contributed by atoms with van der Waals surface area (Å²) in [7, 11) is 0. The van der Waals surface area contributed by atoms with E-state index in [4.69, 9.17) is 14.7 Å². The molecule has 204 valence electrons.